The Kier molecular flexibility index (Phi) is 6.74. The van der Waals surface area contributed by atoms with Crippen LogP contribution in [0.1, 0.15) is 0 Å². The first-order valence-electron chi connectivity index (χ1n) is 10.5. The number of sulfonamides is 1. The van der Waals surface area contributed by atoms with Gasteiger partial charge in [-0.15, -0.1) is 0 Å². The summed E-state index contributed by atoms with van der Waals surface area (Å²) in [6.45, 7) is 0. The molecule has 4 rings (SSSR count). The Labute approximate surface area is 203 Å². The number of nitrogens with zero attached hydrogens (tertiary/aromatic N) is 2. The molecule has 35 heavy (non-hydrogen) atoms. The first-order valence-corrected chi connectivity index (χ1v) is 12.0. The van der Waals surface area contributed by atoms with Gasteiger partial charge in [0.05, 0.1) is 37.6 Å². The summed E-state index contributed by atoms with van der Waals surface area (Å²) in [5, 5.41) is 0. The molecule has 0 aliphatic heterocycles. The number of benzene rings is 3. The number of aromatic nitrogens is 2. The van der Waals surface area contributed by atoms with Crippen LogP contribution >= 0.6 is 0 Å². The zero-order chi connectivity index (χ0) is 25.0. The van der Waals surface area contributed by atoms with Gasteiger partial charge in [0.25, 0.3) is 10.0 Å². The van der Waals surface area contributed by atoms with Crippen molar-refractivity contribution in [2.24, 2.45) is 0 Å². The summed E-state index contributed by atoms with van der Waals surface area (Å²) in [6, 6.07) is 20.1. The molecule has 0 radical (unpaired) electrons. The molecule has 0 bridgehead atoms. The molecule has 10 heteroatoms. The summed E-state index contributed by atoms with van der Waals surface area (Å²) >= 11 is 0. The van der Waals surface area contributed by atoms with Gasteiger partial charge in [0, 0.05) is 22.9 Å². The Morgan fingerprint density at radius 3 is 2.00 bits per heavy atom. The van der Waals surface area contributed by atoms with E-state index in [9.17, 15) is 8.42 Å². The van der Waals surface area contributed by atoms with Crippen molar-refractivity contribution in [1.82, 2.24) is 9.97 Å². The van der Waals surface area contributed by atoms with Crippen molar-refractivity contribution in [3.63, 3.8) is 0 Å². The summed E-state index contributed by atoms with van der Waals surface area (Å²) < 4.78 is 44.5. The van der Waals surface area contributed by atoms with Gasteiger partial charge in [0.15, 0.2) is 0 Å². The second kappa shape index (κ2) is 9.90. The third-order valence-electron chi connectivity index (χ3n) is 5.21. The van der Waals surface area contributed by atoms with Gasteiger partial charge in [-0.05, 0) is 66.7 Å². The van der Waals surface area contributed by atoms with Crippen LogP contribution in [0, 0.1) is 0 Å². The molecule has 0 saturated carbocycles. The van der Waals surface area contributed by atoms with E-state index in [1.54, 1.807) is 50.6 Å². The monoisotopic (exact) mass is 492 g/mol. The number of ether oxygens (including phenoxy) is 3. The Morgan fingerprint density at radius 1 is 0.743 bits per heavy atom. The van der Waals surface area contributed by atoms with E-state index in [4.69, 9.17) is 19.9 Å². The Morgan fingerprint density at radius 2 is 1.37 bits per heavy atom. The van der Waals surface area contributed by atoms with Crippen molar-refractivity contribution in [2.75, 3.05) is 31.8 Å². The molecule has 0 saturated heterocycles. The van der Waals surface area contributed by atoms with E-state index in [1.165, 1.54) is 31.4 Å². The summed E-state index contributed by atoms with van der Waals surface area (Å²) in [6.07, 6.45) is 0. The van der Waals surface area contributed by atoms with Gasteiger partial charge < -0.3 is 19.9 Å². The summed E-state index contributed by atoms with van der Waals surface area (Å²) in [5.74, 6) is 1.71. The summed E-state index contributed by atoms with van der Waals surface area (Å²) in [4.78, 5) is 8.99. The minimum absolute atomic E-state index is 0.0359. The van der Waals surface area contributed by atoms with E-state index in [-0.39, 0.29) is 10.8 Å². The van der Waals surface area contributed by atoms with E-state index >= 15 is 0 Å². The van der Waals surface area contributed by atoms with Crippen LogP contribution in [0.4, 0.5) is 11.6 Å². The molecule has 4 aromatic rings. The van der Waals surface area contributed by atoms with Gasteiger partial charge in [0.1, 0.15) is 17.2 Å². The van der Waals surface area contributed by atoms with Crippen molar-refractivity contribution in [3.05, 3.63) is 72.8 Å². The topological polar surface area (TPSA) is 126 Å². The van der Waals surface area contributed by atoms with Crippen molar-refractivity contribution < 1.29 is 22.6 Å². The quantitative estimate of drug-likeness (QED) is 0.350. The zero-order valence-electron chi connectivity index (χ0n) is 19.3. The predicted octanol–water partition coefficient (Wildman–Crippen LogP) is 4.22. The van der Waals surface area contributed by atoms with E-state index in [0.29, 0.717) is 39.9 Å². The highest BCUT2D eigenvalue weighted by Gasteiger charge is 2.19. The standard InChI is InChI=1S/C25H24N4O5S/c1-32-18-8-4-16(5-9-18)22-15-23(21-13-10-19(33-2)14-24(21)34-3)28-25(27-22)29-35(30,31)20-11-6-17(26)7-12-20/h4-15H,26H2,1-3H3,(H,27,28,29). The van der Waals surface area contributed by atoms with E-state index in [2.05, 4.69) is 14.7 Å². The fourth-order valence-corrected chi connectivity index (χ4v) is 4.32. The van der Waals surface area contributed by atoms with Crippen LogP contribution in [0.5, 0.6) is 17.2 Å². The highest BCUT2D eigenvalue weighted by atomic mass is 32.2. The minimum Gasteiger partial charge on any atom is -0.497 e. The van der Waals surface area contributed by atoms with Gasteiger partial charge in [-0.3, -0.25) is 0 Å². The fraction of sp³-hybridized carbons (Fsp3) is 0.120. The number of hydrogen-bond donors (Lipinski definition) is 2. The lowest BCUT2D eigenvalue weighted by molar-refractivity contribution is 0.395. The number of nitrogen functional groups attached to an aromatic ring is 1. The zero-order valence-corrected chi connectivity index (χ0v) is 20.2. The van der Waals surface area contributed by atoms with Crippen LogP contribution in [-0.2, 0) is 10.0 Å². The number of hydrogen-bond acceptors (Lipinski definition) is 8. The lowest BCUT2D eigenvalue weighted by Gasteiger charge is -2.14. The largest absolute Gasteiger partial charge is 0.497 e. The van der Waals surface area contributed by atoms with Crippen LogP contribution in [0.2, 0.25) is 0 Å². The molecule has 0 atom stereocenters. The van der Waals surface area contributed by atoms with Gasteiger partial charge in [-0.25, -0.2) is 23.1 Å². The van der Waals surface area contributed by atoms with Crippen LogP contribution in [0.15, 0.2) is 77.7 Å². The van der Waals surface area contributed by atoms with Crippen LogP contribution in [0.25, 0.3) is 22.5 Å². The molecule has 0 unspecified atom stereocenters. The number of anilines is 2. The number of rotatable bonds is 8. The molecule has 9 nitrogen and oxygen atoms in total. The summed E-state index contributed by atoms with van der Waals surface area (Å²) in [7, 11) is 0.711. The third-order valence-corrected chi connectivity index (χ3v) is 6.56. The molecule has 0 amide bonds. The molecule has 3 aromatic carbocycles. The maximum atomic E-state index is 13.0. The van der Waals surface area contributed by atoms with Gasteiger partial charge in [-0.2, -0.15) is 0 Å². The molecule has 0 spiro atoms. The van der Waals surface area contributed by atoms with Crippen LogP contribution in [0.3, 0.4) is 0 Å². The van der Waals surface area contributed by atoms with Crippen molar-refractivity contribution in [2.45, 2.75) is 4.90 Å². The molecule has 3 N–H and O–H groups in total. The Hall–Kier alpha value is -4.31. The van der Waals surface area contributed by atoms with Crippen molar-refractivity contribution in [3.8, 4) is 39.8 Å². The maximum Gasteiger partial charge on any atom is 0.264 e. The van der Waals surface area contributed by atoms with Crippen molar-refractivity contribution in [1.29, 1.82) is 0 Å². The van der Waals surface area contributed by atoms with Gasteiger partial charge in [-0.1, -0.05) is 0 Å². The van der Waals surface area contributed by atoms with Crippen LogP contribution < -0.4 is 24.7 Å². The molecule has 180 valence electrons. The summed E-state index contributed by atoms with van der Waals surface area (Å²) in [5.41, 5.74) is 8.49. The third kappa shape index (κ3) is 5.28. The molecule has 1 heterocycles. The second-order valence-corrected chi connectivity index (χ2v) is 9.11. The molecule has 0 fully saturated rings. The fourth-order valence-electron chi connectivity index (χ4n) is 3.38. The number of nitrogens with two attached hydrogens (primary N) is 1. The average Bonchev–Trinajstić information content (AvgIpc) is 2.88. The van der Waals surface area contributed by atoms with Gasteiger partial charge >= 0.3 is 0 Å². The van der Waals surface area contributed by atoms with Gasteiger partial charge in [0.2, 0.25) is 5.95 Å². The SMILES string of the molecule is COc1ccc(-c2cc(-c3ccc(OC)cc3OC)nc(NS(=O)(=O)c3ccc(N)cc3)n2)cc1. The molecule has 1 aromatic heterocycles. The normalized spacial score (nSPS) is 11.1. The Bertz CT molecular complexity index is 1440. The maximum absolute atomic E-state index is 13.0. The van der Waals surface area contributed by atoms with E-state index in [1.807, 2.05) is 12.1 Å². The number of nitrogens with one attached hydrogen (secondary N) is 1. The lowest BCUT2D eigenvalue weighted by atomic mass is 10.1. The molecule has 0 aliphatic carbocycles. The van der Waals surface area contributed by atoms with Crippen molar-refractivity contribution >= 4 is 21.7 Å². The van der Waals surface area contributed by atoms with Crippen LogP contribution in [-0.4, -0.2) is 39.7 Å². The Balaban J connectivity index is 1.84. The highest BCUT2D eigenvalue weighted by Crippen LogP contribution is 2.35. The second-order valence-electron chi connectivity index (χ2n) is 7.43. The first kappa shape index (κ1) is 23.8. The van der Waals surface area contributed by atoms with E-state index < -0.39 is 10.0 Å². The average molecular weight is 493 g/mol. The lowest BCUT2D eigenvalue weighted by Crippen LogP contribution is -2.15. The highest BCUT2D eigenvalue weighted by molar-refractivity contribution is 7.92. The van der Waals surface area contributed by atoms with E-state index in [0.717, 1.165) is 5.56 Å². The first-order chi connectivity index (χ1) is 16.8. The predicted molar refractivity (Wildman–Crippen MR) is 134 cm³/mol. The molecule has 0 aliphatic rings. The smallest absolute Gasteiger partial charge is 0.264 e. The molecular formula is C25H24N4O5S. The minimum atomic E-state index is -3.97. The molecular weight excluding hydrogens is 468 g/mol. The number of methoxy groups -OCH3 is 3.